The Bertz CT molecular complexity index is 1000. The number of para-hydroxylation sites is 1. The van der Waals surface area contributed by atoms with Crippen LogP contribution in [-0.4, -0.2) is 65.0 Å². The van der Waals surface area contributed by atoms with E-state index in [1.54, 1.807) is 6.20 Å². The highest BCUT2D eigenvalue weighted by Gasteiger charge is 2.28. The van der Waals surface area contributed by atoms with Crippen LogP contribution in [0.3, 0.4) is 0 Å². The summed E-state index contributed by atoms with van der Waals surface area (Å²) >= 11 is 0. The molecule has 0 saturated heterocycles. The Kier molecular flexibility index (Phi) is 10.3. The monoisotopic (exact) mass is 474 g/mol. The SMILES string of the molecule is NCCC[C@H](N)C(=O)N[C@@H](CCCN=C(N)N)C(=O)N[C@@H](Cc1c[nH]c2ccccc12)C(=O)O. The van der Waals surface area contributed by atoms with Gasteiger partial charge in [0.25, 0.3) is 0 Å². The van der Waals surface area contributed by atoms with Gasteiger partial charge in [-0.1, -0.05) is 18.2 Å². The van der Waals surface area contributed by atoms with Gasteiger partial charge >= 0.3 is 5.97 Å². The predicted molar refractivity (Wildman–Crippen MR) is 130 cm³/mol. The Labute approximate surface area is 197 Å². The van der Waals surface area contributed by atoms with Crippen LogP contribution < -0.4 is 33.6 Å². The number of guanidine groups is 1. The molecule has 34 heavy (non-hydrogen) atoms. The van der Waals surface area contributed by atoms with Gasteiger partial charge in [0.2, 0.25) is 11.8 Å². The van der Waals surface area contributed by atoms with Crippen LogP contribution in [-0.2, 0) is 20.8 Å². The molecule has 0 fully saturated rings. The third-order valence-corrected chi connectivity index (χ3v) is 5.35. The minimum atomic E-state index is -1.20. The van der Waals surface area contributed by atoms with Crippen LogP contribution in [0.2, 0.25) is 0 Å². The third-order valence-electron chi connectivity index (χ3n) is 5.35. The van der Waals surface area contributed by atoms with Crippen molar-refractivity contribution >= 4 is 34.6 Å². The molecule has 0 radical (unpaired) electrons. The van der Waals surface area contributed by atoms with Crippen molar-refractivity contribution in [2.75, 3.05) is 13.1 Å². The number of benzene rings is 1. The number of aliphatic carboxylic acids is 1. The summed E-state index contributed by atoms with van der Waals surface area (Å²) in [5.74, 6) is -2.42. The molecule has 2 amide bonds. The molecule has 2 aromatic rings. The quantitative estimate of drug-likeness (QED) is 0.0947. The second-order valence-electron chi connectivity index (χ2n) is 8.01. The van der Waals surface area contributed by atoms with E-state index >= 15 is 0 Å². The van der Waals surface area contributed by atoms with Crippen molar-refractivity contribution in [2.45, 2.75) is 50.2 Å². The van der Waals surface area contributed by atoms with E-state index < -0.39 is 35.9 Å². The Morgan fingerprint density at radius 2 is 1.74 bits per heavy atom. The van der Waals surface area contributed by atoms with Crippen molar-refractivity contribution in [3.63, 3.8) is 0 Å². The summed E-state index contributed by atoms with van der Waals surface area (Å²) in [4.78, 5) is 44.4. The number of carbonyl (C=O) groups excluding carboxylic acids is 2. The maximum Gasteiger partial charge on any atom is 0.326 e. The Morgan fingerprint density at radius 3 is 2.41 bits per heavy atom. The normalized spacial score (nSPS) is 13.6. The Morgan fingerprint density at radius 1 is 1.03 bits per heavy atom. The molecule has 186 valence electrons. The van der Waals surface area contributed by atoms with E-state index in [-0.39, 0.29) is 25.3 Å². The molecule has 0 unspecified atom stereocenters. The molecule has 1 aromatic heterocycles. The van der Waals surface area contributed by atoms with E-state index in [1.165, 1.54) is 0 Å². The zero-order chi connectivity index (χ0) is 25.1. The standard InChI is InChI=1S/C22H34N8O4/c23-9-3-6-15(24)19(31)29-17(8-4-10-27-22(25)26)20(32)30-18(21(33)34)11-13-12-28-16-7-2-1-5-14(13)16/h1-2,5,7,12,15,17-18,28H,3-4,6,8-11,23-24H2,(H,29,31)(H,30,32)(H,33,34)(H4,25,26,27)/t15-,17-,18-/m0/s1. The summed E-state index contributed by atoms with van der Waals surface area (Å²) < 4.78 is 0. The second-order valence-corrected chi connectivity index (χ2v) is 8.01. The summed E-state index contributed by atoms with van der Waals surface area (Å²) in [7, 11) is 0. The third kappa shape index (κ3) is 8.05. The molecule has 0 saturated carbocycles. The fourth-order valence-corrected chi connectivity index (χ4v) is 3.51. The number of rotatable bonds is 14. The molecule has 0 bridgehead atoms. The minimum absolute atomic E-state index is 0.0652. The average Bonchev–Trinajstić information content (AvgIpc) is 3.21. The minimum Gasteiger partial charge on any atom is -0.480 e. The van der Waals surface area contributed by atoms with Gasteiger partial charge < -0.3 is 43.7 Å². The van der Waals surface area contributed by atoms with Crippen molar-refractivity contribution in [3.8, 4) is 0 Å². The molecule has 0 aliphatic rings. The van der Waals surface area contributed by atoms with Gasteiger partial charge in [-0.2, -0.15) is 0 Å². The van der Waals surface area contributed by atoms with E-state index in [0.29, 0.717) is 25.8 Å². The summed E-state index contributed by atoms with van der Waals surface area (Å²) in [6.45, 7) is 0.635. The van der Waals surface area contributed by atoms with E-state index in [1.807, 2.05) is 24.3 Å². The number of fused-ring (bicyclic) bond motifs is 1. The van der Waals surface area contributed by atoms with Crippen molar-refractivity contribution in [1.29, 1.82) is 0 Å². The van der Waals surface area contributed by atoms with Crippen molar-refractivity contribution in [2.24, 2.45) is 27.9 Å². The molecule has 3 atom stereocenters. The van der Waals surface area contributed by atoms with E-state index in [2.05, 4.69) is 20.6 Å². The molecule has 2 rings (SSSR count). The van der Waals surface area contributed by atoms with E-state index in [4.69, 9.17) is 22.9 Å². The number of hydrogen-bond donors (Lipinski definition) is 8. The zero-order valence-corrected chi connectivity index (χ0v) is 19.0. The maximum atomic E-state index is 13.0. The van der Waals surface area contributed by atoms with Gasteiger partial charge in [0.1, 0.15) is 12.1 Å². The van der Waals surface area contributed by atoms with Gasteiger partial charge in [-0.3, -0.25) is 14.6 Å². The highest BCUT2D eigenvalue weighted by Crippen LogP contribution is 2.19. The highest BCUT2D eigenvalue weighted by atomic mass is 16.4. The predicted octanol–water partition coefficient (Wildman–Crippen LogP) is -1.12. The van der Waals surface area contributed by atoms with Crippen molar-refractivity contribution in [3.05, 3.63) is 36.0 Å². The smallest absolute Gasteiger partial charge is 0.326 e. The summed E-state index contributed by atoms with van der Waals surface area (Å²) in [5.41, 5.74) is 23.6. The first kappa shape index (κ1) is 26.6. The van der Waals surface area contributed by atoms with Crippen LogP contribution in [0, 0.1) is 0 Å². The zero-order valence-electron chi connectivity index (χ0n) is 19.0. The number of nitrogens with zero attached hydrogens (tertiary/aromatic N) is 1. The number of nitrogens with two attached hydrogens (primary N) is 4. The van der Waals surface area contributed by atoms with Gasteiger partial charge in [0, 0.05) is 30.1 Å². The van der Waals surface area contributed by atoms with Crippen LogP contribution in [0.5, 0.6) is 0 Å². The van der Waals surface area contributed by atoms with Gasteiger partial charge in [-0.15, -0.1) is 0 Å². The Balaban J connectivity index is 2.11. The average molecular weight is 475 g/mol. The van der Waals surface area contributed by atoms with Gasteiger partial charge in [-0.05, 0) is 43.9 Å². The van der Waals surface area contributed by atoms with Crippen LogP contribution in [0.15, 0.2) is 35.5 Å². The number of hydrogen-bond acceptors (Lipinski definition) is 6. The first-order chi connectivity index (χ1) is 16.2. The number of carboxylic acid groups (broad SMARTS) is 1. The van der Waals surface area contributed by atoms with Crippen LogP contribution in [0.25, 0.3) is 10.9 Å². The lowest BCUT2D eigenvalue weighted by Gasteiger charge is -2.23. The molecule has 12 N–H and O–H groups in total. The molecule has 1 aromatic carbocycles. The second kappa shape index (κ2) is 13.2. The van der Waals surface area contributed by atoms with Crippen LogP contribution in [0.4, 0.5) is 0 Å². The number of nitrogens with one attached hydrogen (secondary N) is 3. The van der Waals surface area contributed by atoms with E-state index in [9.17, 15) is 19.5 Å². The molecule has 0 spiro atoms. The van der Waals surface area contributed by atoms with Crippen LogP contribution >= 0.6 is 0 Å². The van der Waals surface area contributed by atoms with Crippen LogP contribution in [0.1, 0.15) is 31.2 Å². The summed E-state index contributed by atoms with van der Waals surface area (Å²) in [6, 6.07) is 4.43. The largest absolute Gasteiger partial charge is 0.480 e. The lowest BCUT2D eigenvalue weighted by molar-refractivity contribution is -0.142. The number of amides is 2. The molecular formula is C22H34N8O4. The number of aromatic amines is 1. The molecule has 0 aliphatic carbocycles. The van der Waals surface area contributed by atoms with Gasteiger partial charge in [-0.25, -0.2) is 4.79 Å². The molecule has 1 heterocycles. The molecular weight excluding hydrogens is 440 g/mol. The first-order valence-electron chi connectivity index (χ1n) is 11.1. The van der Waals surface area contributed by atoms with Crippen molar-refractivity contribution < 1.29 is 19.5 Å². The fraction of sp³-hybridized carbons (Fsp3) is 0.455. The number of H-pyrrole nitrogens is 1. The maximum absolute atomic E-state index is 13.0. The molecule has 0 aliphatic heterocycles. The number of carbonyl (C=O) groups is 3. The number of carboxylic acids is 1. The summed E-state index contributed by atoms with van der Waals surface area (Å²) in [5, 5.41) is 15.8. The number of aromatic nitrogens is 1. The Hall–Kier alpha value is -3.64. The lowest BCUT2D eigenvalue weighted by Crippen LogP contribution is -2.54. The fourth-order valence-electron chi connectivity index (χ4n) is 3.51. The van der Waals surface area contributed by atoms with E-state index in [0.717, 1.165) is 16.5 Å². The van der Waals surface area contributed by atoms with Crippen molar-refractivity contribution in [1.82, 2.24) is 15.6 Å². The van der Waals surface area contributed by atoms with Gasteiger partial charge in [0.05, 0.1) is 6.04 Å². The lowest BCUT2D eigenvalue weighted by atomic mass is 10.0. The topological polar surface area (TPSA) is 228 Å². The highest BCUT2D eigenvalue weighted by molar-refractivity contribution is 5.92. The number of aliphatic imine (C=N–C) groups is 1. The van der Waals surface area contributed by atoms with Gasteiger partial charge in [0.15, 0.2) is 5.96 Å². The molecule has 12 heteroatoms. The molecule has 12 nitrogen and oxygen atoms in total. The summed E-state index contributed by atoms with van der Waals surface area (Å²) in [6.07, 6.45) is 3.28. The first-order valence-corrected chi connectivity index (χ1v) is 11.1.